The zero-order valence-electron chi connectivity index (χ0n) is 13.7. The number of hydrogen-bond donors (Lipinski definition) is 1. The molecule has 0 spiro atoms. The summed E-state index contributed by atoms with van der Waals surface area (Å²) in [5, 5.41) is 0. The van der Waals surface area contributed by atoms with E-state index in [2.05, 4.69) is 20.8 Å². The number of rotatable bonds is 4. The minimum absolute atomic E-state index is 0.141. The van der Waals surface area contributed by atoms with Gasteiger partial charge in [0.1, 0.15) is 0 Å². The quantitative estimate of drug-likeness (QED) is 0.810. The van der Waals surface area contributed by atoms with Crippen LogP contribution in [-0.4, -0.2) is 28.9 Å². The molecule has 116 valence electrons. The van der Waals surface area contributed by atoms with Crippen molar-refractivity contribution in [1.82, 2.24) is 4.90 Å². The van der Waals surface area contributed by atoms with Crippen molar-refractivity contribution in [2.45, 2.75) is 60.3 Å². The van der Waals surface area contributed by atoms with E-state index in [1.165, 1.54) is 0 Å². The second kappa shape index (κ2) is 6.42. The standard InChI is InChI=1S/C16H30N2OS/c1-6-16(7-2,13(17)20)14(19)18-10-8-12(9-11-18)15(3,4)5/h12H,6-11H2,1-5H3,(H2,17,20). The average molecular weight is 298 g/mol. The number of likely N-dealkylation sites (tertiary alicyclic amines) is 1. The topological polar surface area (TPSA) is 46.3 Å². The summed E-state index contributed by atoms with van der Waals surface area (Å²) in [6.07, 6.45) is 3.54. The maximum atomic E-state index is 12.8. The Morgan fingerprint density at radius 3 is 1.95 bits per heavy atom. The van der Waals surface area contributed by atoms with Gasteiger partial charge in [0.05, 0.1) is 10.4 Å². The normalized spacial score (nSPS) is 18.1. The first-order chi connectivity index (χ1) is 9.19. The van der Waals surface area contributed by atoms with E-state index >= 15 is 0 Å². The minimum atomic E-state index is -0.635. The van der Waals surface area contributed by atoms with E-state index in [1.807, 2.05) is 18.7 Å². The largest absolute Gasteiger partial charge is 0.392 e. The number of carbonyl (C=O) groups is 1. The lowest BCUT2D eigenvalue weighted by Crippen LogP contribution is -2.52. The minimum Gasteiger partial charge on any atom is -0.392 e. The Kier molecular flexibility index (Phi) is 5.59. The van der Waals surface area contributed by atoms with Gasteiger partial charge in [-0.25, -0.2) is 0 Å². The maximum Gasteiger partial charge on any atom is 0.235 e. The van der Waals surface area contributed by atoms with E-state index in [0.29, 0.717) is 29.2 Å². The summed E-state index contributed by atoms with van der Waals surface area (Å²) >= 11 is 5.19. The van der Waals surface area contributed by atoms with E-state index in [1.54, 1.807) is 0 Å². The fourth-order valence-corrected chi connectivity index (χ4v) is 3.63. The molecular weight excluding hydrogens is 268 g/mol. The fraction of sp³-hybridized carbons (Fsp3) is 0.875. The Bertz CT molecular complexity index is 361. The summed E-state index contributed by atoms with van der Waals surface area (Å²) in [6, 6.07) is 0. The molecule has 1 rings (SSSR count). The molecule has 0 aromatic carbocycles. The molecule has 1 saturated heterocycles. The molecule has 3 nitrogen and oxygen atoms in total. The number of nitrogens with two attached hydrogens (primary N) is 1. The summed E-state index contributed by atoms with van der Waals surface area (Å²) in [5.41, 5.74) is 5.57. The third kappa shape index (κ3) is 3.33. The molecule has 0 unspecified atom stereocenters. The van der Waals surface area contributed by atoms with Gasteiger partial charge in [0, 0.05) is 13.1 Å². The second-order valence-electron chi connectivity index (χ2n) is 7.09. The highest BCUT2D eigenvalue weighted by atomic mass is 32.1. The predicted octanol–water partition coefficient (Wildman–Crippen LogP) is 3.36. The van der Waals surface area contributed by atoms with Gasteiger partial charge in [-0.15, -0.1) is 0 Å². The molecule has 0 atom stereocenters. The van der Waals surface area contributed by atoms with Gasteiger partial charge >= 0.3 is 0 Å². The number of piperidine rings is 1. The van der Waals surface area contributed by atoms with Crippen LogP contribution in [0.5, 0.6) is 0 Å². The van der Waals surface area contributed by atoms with Crippen molar-refractivity contribution in [3.8, 4) is 0 Å². The molecule has 20 heavy (non-hydrogen) atoms. The van der Waals surface area contributed by atoms with Gasteiger partial charge in [-0.2, -0.15) is 0 Å². The lowest BCUT2D eigenvalue weighted by Gasteiger charge is -2.42. The molecule has 4 heteroatoms. The third-order valence-electron chi connectivity index (χ3n) is 5.10. The van der Waals surface area contributed by atoms with Crippen molar-refractivity contribution in [1.29, 1.82) is 0 Å². The molecule has 0 bridgehead atoms. The first-order valence-corrected chi connectivity index (χ1v) is 8.19. The fourth-order valence-electron chi connectivity index (χ4n) is 3.26. The van der Waals surface area contributed by atoms with Crippen LogP contribution in [0.2, 0.25) is 0 Å². The van der Waals surface area contributed by atoms with Crippen LogP contribution in [0.1, 0.15) is 60.3 Å². The third-order valence-corrected chi connectivity index (χ3v) is 5.49. The van der Waals surface area contributed by atoms with E-state index in [-0.39, 0.29) is 5.91 Å². The van der Waals surface area contributed by atoms with E-state index in [9.17, 15) is 4.79 Å². The lowest BCUT2D eigenvalue weighted by molar-refractivity contribution is -0.140. The molecule has 2 N–H and O–H groups in total. The molecule has 1 aliphatic heterocycles. The van der Waals surface area contributed by atoms with Gasteiger partial charge in [0.2, 0.25) is 5.91 Å². The van der Waals surface area contributed by atoms with Crippen molar-refractivity contribution in [3.63, 3.8) is 0 Å². The number of carbonyl (C=O) groups excluding carboxylic acids is 1. The first kappa shape index (κ1) is 17.4. The zero-order valence-corrected chi connectivity index (χ0v) is 14.5. The van der Waals surface area contributed by atoms with Crippen molar-refractivity contribution in [2.24, 2.45) is 22.5 Å². The van der Waals surface area contributed by atoms with Crippen LogP contribution in [0.15, 0.2) is 0 Å². The highest BCUT2D eigenvalue weighted by Crippen LogP contribution is 2.36. The summed E-state index contributed by atoms with van der Waals surface area (Å²) in [6.45, 7) is 12.5. The number of thiocarbonyl (C=S) groups is 1. The van der Waals surface area contributed by atoms with Gasteiger partial charge in [0.15, 0.2) is 0 Å². The van der Waals surface area contributed by atoms with Crippen LogP contribution in [0.4, 0.5) is 0 Å². The zero-order chi connectivity index (χ0) is 15.6. The predicted molar refractivity (Wildman–Crippen MR) is 88.6 cm³/mol. The number of nitrogens with zero attached hydrogens (tertiary/aromatic N) is 1. The van der Waals surface area contributed by atoms with Gasteiger partial charge in [-0.3, -0.25) is 4.79 Å². The molecule has 1 aliphatic rings. The summed E-state index contributed by atoms with van der Waals surface area (Å²) in [7, 11) is 0. The lowest BCUT2D eigenvalue weighted by atomic mass is 9.74. The van der Waals surface area contributed by atoms with Crippen LogP contribution >= 0.6 is 12.2 Å². The number of amides is 1. The Balaban J connectivity index is 2.78. The summed E-state index contributed by atoms with van der Waals surface area (Å²) < 4.78 is 0. The van der Waals surface area contributed by atoms with Crippen LogP contribution in [0.25, 0.3) is 0 Å². The van der Waals surface area contributed by atoms with Crippen molar-refractivity contribution < 1.29 is 4.79 Å². The molecule has 1 amide bonds. The van der Waals surface area contributed by atoms with E-state index in [4.69, 9.17) is 18.0 Å². The van der Waals surface area contributed by atoms with Crippen LogP contribution in [-0.2, 0) is 4.79 Å². The maximum absolute atomic E-state index is 12.8. The smallest absolute Gasteiger partial charge is 0.235 e. The van der Waals surface area contributed by atoms with E-state index < -0.39 is 5.41 Å². The SMILES string of the molecule is CCC(CC)(C(=O)N1CCC(C(C)(C)C)CC1)C(N)=S. The number of hydrogen-bond acceptors (Lipinski definition) is 2. The Labute approximate surface area is 129 Å². The Morgan fingerprint density at radius 2 is 1.65 bits per heavy atom. The van der Waals surface area contributed by atoms with Gasteiger partial charge in [0.25, 0.3) is 0 Å². The van der Waals surface area contributed by atoms with Crippen LogP contribution < -0.4 is 5.73 Å². The average Bonchev–Trinajstić information content (AvgIpc) is 2.39. The van der Waals surface area contributed by atoms with Crippen molar-refractivity contribution in [3.05, 3.63) is 0 Å². The first-order valence-electron chi connectivity index (χ1n) is 7.78. The van der Waals surface area contributed by atoms with Crippen molar-refractivity contribution >= 4 is 23.1 Å². The van der Waals surface area contributed by atoms with Gasteiger partial charge in [-0.05, 0) is 37.0 Å². The highest BCUT2D eigenvalue weighted by molar-refractivity contribution is 7.80. The molecule has 0 aromatic heterocycles. The van der Waals surface area contributed by atoms with Gasteiger partial charge in [-0.1, -0.05) is 46.8 Å². The molecule has 0 radical (unpaired) electrons. The van der Waals surface area contributed by atoms with Crippen LogP contribution in [0.3, 0.4) is 0 Å². The molecule has 1 heterocycles. The summed E-state index contributed by atoms with van der Waals surface area (Å²) in [4.78, 5) is 15.2. The molecule has 1 fully saturated rings. The monoisotopic (exact) mass is 298 g/mol. The highest BCUT2D eigenvalue weighted by Gasteiger charge is 2.42. The summed E-state index contributed by atoms with van der Waals surface area (Å²) in [5.74, 6) is 0.830. The van der Waals surface area contributed by atoms with Crippen LogP contribution in [0, 0.1) is 16.7 Å². The molecule has 0 aliphatic carbocycles. The molecule has 0 saturated carbocycles. The molecule has 0 aromatic rings. The molecular formula is C16H30N2OS. The Morgan fingerprint density at radius 1 is 1.20 bits per heavy atom. The second-order valence-corrected chi connectivity index (χ2v) is 7.53. The van der Waals surface area contributed by atoms with E-state index in [0.717, 1.165) is 25.9 Å². The van der Waals surface area contributed by atoms with Gasteiger partial charge < -0.3 is 10.6 Å². The van der Waals surface area contributed by atoms with Crippen molar-refractivity contribution in [2.75, 3.05) is 13.1 Å². The Hall–Kier alpha value is -0.640.